The number of nitro benzene ring substituents is 1. The second kappa shape index (κ2) is 7.23. The molecule has 0 heterocycles. The maximum Gasteiger partial charge on any atom is 0.513 e. The number of nitrogens with zero attached hydrogens (tertiary/aromatic N) is 1. The molecule has 6 heteroatoms. The van der Waals surface area contributed by atoms with Crippen molar-refractivity contribution >= 4 is 11.8 Å². The van der Waals surface area contributed by atoms with Gasteiger partial charge in [0.25, 0.3) is 5.69 Å². The second-order valence-electron chi connectivity index (χ2n) is 4.51. The Morgan fingerprint density at radius 3 is 2.67 bits per heavy atom. The van der Waals surface area contributed by atoms with Crippen molar-refractivity contribution < 1.29 is 19.2 Å². The monoisotopic (exact) mass is 289 g/mol. The first-order valence-corrected chi connectivity index (χ1v) is 6.59. The van der Waals surface area contributed by atoms with Gasteiger partial charge < -0.3 is 9.47 Å². The molecule has 6 nitrogen and oxygen atoms in total. The summed E-state index contributed by atoms with van der Waals surface area (Å²) in [5.41, 5.74) is 1.26. The van der Waals surface area contributed by atoms with Crippen molar-refractivity contribution in [2.75, 3.05) is 6.61 Å². The van der Waals surface area contributed by atoms with Crippen molar-refractivity contribution in [2.24, 2.45) is 0 Å². The van der Waals surface area contributed by atoms with E-state index in [4.69, 9.17) is 9.47 Å². The van der Waals surface area contributed by atoms with E-state index in [2.05, 4.69) is 12.2 Å². The Bertz CT molecular complexity index is 574. The Balaban J connectivity index is 1.67. The highest BCUT2D eigenvalue weighted by atomic mass is 16.7. The van der Waals surface area contributed by atoms with Crippen molar-refractivity contribution in [3.8, 4) is 5.75 Å². The van der Waals surface area contributed by atoms with Gasteiger partial charge in [-0.25, -0.2) is 4.79 Å². The van der Waals surface area contributed by atoms with E-state index < -0.39 is 11.1 Å². The number of nitro groups is 1. The number of allylic oxidation sites excluding steroid dienone is 4. The Hall–Kier alpha value is -2.63. The van der Waals surface area contributed by atoms with Crippen molar-refractivity contribution in [1.29, 1.82) is 0 Å². The first kappa shape index (κ1) is 14.8. The summed E-state index contributed by atoms with van der Waals surface area (Å²) < 4.78 is 9.85. The third-order valence-electron chi connectivity index (χ3n) is 2.96. The Labute approximate surface area is 121 Å². The van der Waals surface area contributed by atoms with Gasteiger partial charge >= 0.3 is 6.16 Å². The van der Waals surface area contributed by atoms with Crippen LogP contribution in [0.3, 0.4) is 0 Å². The van der Waals surface area contributed by atoms with Gasteiger partial charge in [-0.3, -0.25) is 10.1 Å². The lowest BCUT2D eigenvalue weighted by Crippen LogP contribution is -2.11. The van der Waals surface area contributed by atoms with Gasteiger partial charge in [0.05, 0.1) is 11.5 Å². The summed E-state index contributed by atoms with van der Waals surface area (Å²) in [6.07, 6.45) is 7.95. The van der Waals surface area contributed by atoms with Gasteiger partial charge in [0.1, 0.15) is 5.75 Å². The predicted octanol–water partition coefficient (Wildman–Crippen LogP) is 3.78. The maximum absolute atomic E-state index is 11.4. The molecule has 1 aliphatic rings. The predicted molar refractivity (Wildman–Crippen MR) is 76.1 cm³/mol. The fourth-order valence-corrected chi connectivity index (χ4v) is 1.89. The molecule has 0 amide bonds. The van der Waals surface area contributed by atoms with Gasteiger partial charge in [-0.15, -0.1) is 0 Å². The zero-order chi connectivity index (χ0) is 15.1. The van der Waals surface area contributed by atoms with Crippen molar-refractivity contribution in [3.63, 3.8) is 0 Å². The lowest BCUT2D eigenvalue weighted by atomic mass is 10.1. The fourth-order valence-electron chi connectivity index (χ4n) is 1.89. The van der Waals surface area contributed by atoms with Gasteiger partial charge in [-0.2, -0.15) is 0 Å². The number of hydrogen-bond donors (Lipinski definition) is 0. The first-order chi connectivity index (χ1) is 10.1. The Kier molecular flexibility index (Phi) is 5.09. The summed E-state index contributed by atoms with van der Waals surface area (Å²) in [7, 11) is 0. The van der Waals surface area contributed by atoms with E-state index in [9.17, 15) is 14.9 Å². The largest absolute Gasteiger partial charge is 0.513 e. The summed E-state index contributed by atoms with van der Waals surface area (Å²) in [6.45, 7) is 0.281. The molecular weight excluding hydrogens is 274 g/mol. The number of carbonyl (C=O) groups is 1. The minimum absolute atomic E-state index is 0.0610. The lowest BCUT2D eigenvalue weighted by Gasteiger charge is -2.06. The Morgan fingerprint density at radius 2 is 2.05 bits per heavy atom. The molecule has 2 rings (SSSR count). The molecule has 1 aliphatic carbocycles. The third-order valence-corrected chi connectivity index (χ3v) is 2.96. The summed E-state index contributed by atoms with van der Waals surface area (Å²) in [4.78, 5) is 21.4. The van der Waals surface area contributed by atoms with Crippen LogP contribution in [-0.4, -0.2) is 17.7 Å². The summed E-state index contributed by atoms with van der Waals surface area (Å²) in [5, 5.41) is 10.5. The van der Waals surface area contributed by atoms with Crippen LogP contribution < -0.4 is 4.74 Å². The van der Waals surface area contributed by atoms with Crippen LogP contribution >= 0.6 is 0 Å². The highest BCUT2D eigenvalue weighted by molar-refractivity contribution is 5.63. The molecule has 0 fully saturated rings. The van der Waals surface area contributed by atoms with Gasteiger partial charge in [0.15, 0.2) is 0 Å². The van der Waals surface area contributed by atoms with E-state index in [1.54, 1.807) is 0 Å². The van der Waals surface area contributed by atoms with Crippen molar-refractivity contribution in [1.82, 2.24) is 0 Å². The minimum atomic E-state index is -0.803. The van der Waals surface area contributed by atoms with Gasteiger partial charge in [-0.1, -0.05) is 23.8 Å². The van der Waals surface area contributed by atoms with Gasteiger partial charge in [0.2, 0.25) is 0 Å². The molecule has 0 N–H and O–H groups in total. The molecule has 0 atom stereocenters. The molecule has 0 radical (unpaired) electrons. The molecular formula is C15H15NO5. The molecule has 110 valence electrons. The van der Waals surface area contributed by atoms with E-state index in [0.717, 1.165) is 19.3 Å². The molecule has 0 saturated carbocycles. The van der Waals surface area contributed by atoms with E-state index >= 15 is 0 Å². The molecule has 0 bridgehead atoms. The number of carbonyl (C=O) groups excluding carboxylic acids is 1. The van der Waals surface area contributed by atoms with Crippen molar-refractivity contribution in [2.45, 2.75) is 19.3 Å². The molecule has 1 aromatic carbocycles. The summed E-state index contributed by atoms with van der Waals surface area (Å²) in [6, 6.07) is 5.24. The SMILES string of the molecule is O=C(OCCCC1=CC=CC1)Oc1ccc([N+](=O)[O-])cc1. The van der Waals surface area contributed by atoms with Crippen LogP contribution in [0.1, 0.15) is 19.3 Å². The molecule has 1 aromatic rings. The smallest absolute Gasteiger partial charge is 0.434 e. The second-order valence-corrected chi connectivity index (χ2v) is 4.51. The van der Waals surface area contributed by atoms with Crippen molar-refractivity contribution in [3.05, 3.63) is 58.2 Å². The van der Waals surface area contributed by atoms with Crippen LogP contribution in [0.5, 0.6) is 5.75 Å². The molecule has 0 spiro atoms. The fraction of sp³-hybridized carbons (Fsp3) is 0.267. The quantitative estimate of drug-likeness (QED) is 0.262. The zero-order valence-electron chi connectivity index (χ0n) is 11.4. The number of rotatable bonds is 6. The van der Waals surface area contributed by atoms with E-state index in [1.165, 1.54) is 29.8 Å². The van der Waals surface area contributed by atoms with Crippen LogP contribution in [0.25, 0.3) is 0 Å². The highest BCUT2D eigenvalue weighted by Gasteiger charge is 2.09. The van der Waals surface area contributed by atoms with E-state index in [0.29, 0.717) is 0 Å². The topological polar surface area (TPSA) is 78.7 Å². The van der Waals surface area contributed by atoms with E-state index in [-0.39, 0.29) is 18.0 Å². The molecule has 0 aliphatic heterocycles. The summed E-state index contributed by atoms with van der Waals surface area (Å²) >= 11 is 0. The average Bonchev–Trinajstić information content (AvgIpc) is 2.97. The maximum atomic E-state index is 11.4. The molecule has 0 unspecified atom stereocenters. The normalized spacial score (nSPS) is 12.9. The van der Waals surface area contributed by atoms with Crippen LogP contribution in [-0.2, 0) is 4.74 Å². The molecule has 0 saturated heterocycles. The van der Waals surface area contributed by atoms with Crippen LogP contribution in [0.2, 0.25) is 0 Å². The van der Waals surface area contributed by atoms with E-state index in [1.807, 2.05) is 6.08 Å². The number of non-ortho nitro benzene ring substituents is 1. The summed E-state index contributed by atoms with van der Waals surface area (Å²) in [5.74, 6) is 0.216. The number of hydrogen-bond acceptors (Lipinski definition) is 5. The first-order valence-electron chi connectivity index (χ1n) is 6.59. The zero-order valence-corrected chi connectivity index (χ0v) is 11.4. The Morgan fingerprint density at radius 1 is 1.29 bits per heavy atom. The molecule has 0 aromatic heterocycles. The molecule has 21 heavy (non-hydrogen) atoms. The number of ether oxygens (including phenoxy) is 2. The third kappa shape index (κ3) is 4.76. The highest BCUT2D eigenvalue weighted by Crippen LogP contribution is 2.18. The number of benzene rings is 1. The minimum Gasteiger partial charge on any atom is -0.434 e. The standard InChI is InChI=1S/C15H15NO5/c17-15(20-11-3-6-12-4-1-2-5-12)21-14-9-7-13(8-10-14)16(18)19/h1-2,4,7-10H,3,5-6,11H2. The lowest BCUT2D eigenvalue weighted by molar-refractivity contribution is -0.384. The van der Waals surface area contributed by atoms with Gasteiger partial charge in [0, 0.05) is 12.1 Å². The average molecular weight is 289 g/mol. The van der Waals surface area contributed by atoms with Crippen LogP contribution in [0.15, 0.2) is 48.1 Å². The van der Waals surface area contributed by atoms with Crippen LogP contribution in [0.4, 0.5) is 10.5 Å². The van der Waals surface area contributed by atoms with Gasteiger partial charge in [-0.05, 0) is 31.4 Å². The van der Waals surface area contributed by atoms with Crippen LogP contribution in [0, 0.1) is 10.1 Å².